The van der Waals surface area contributed by atoms with E-state index in [-0.39, 0.29) is 32.3 Å². The molecule has 0 fully saturated rings. The smallest absolute Gasteiger partial charge is 0.378 e. The molecule has 0 aromatic rings. The SMILES string of the molecule is C=CCCCCC(F)(F)C(F)(F)C(F)(F)C(F)(F)CCCCCO. The van der Waals surface area contributed by atoms with Crippen LogP contribution >= 0.6 is 0 Å². The van der Waals surface area contributed by atoms with Crippen LogP contribution in [0.4, 0.5) is 35.1 Å². The first kappa shape index (κ1) is 23.1. The Labute approximate surface area is 135 Å². The largest absolute Gasteiger partial charge is 0.396 e. The molecule has 1 N–H and O–H groups in total. The molecule has 0 atom stereocenters. The summed E-state index contributed by atoms with van der Waals surface area (Å²) in [7, 11) is 0. The highest BCUT2D eigenvalue weighted by molar-refractivity contribution is 5.03. The van der Waals surface area contributed by atoms with E-state index in [9.17, 15) is 35.1 Å². The number of halogens is 8. The van der Waals surface area contributed by atoms with Crippen molar-refractivity contribution < 1.29 is 40.2 Å². The molecule has 144 valence electrons. The van der Waals surface area contributed by atoms with Crippen molar-refractivity contribution in [2.45, 2.75) is 75.1 Å². The molecule has 0 aromatic heterocycles. The highest BCUT2D eigenvalue weighted by Gasteiger charge is 2.79. The maximum Gasteiger partial charge on any atom is 0.378 e. The minimum atomic E-state index is -6.18. The molecule has 24 heavy (non-hydrogen) atoms. The Hall–Kier alpha value is -0.860. The third-order valence-corrected chi connectivity index (χ3v) is 3.61. The Morgan fingerprint density at radius 1 is 0.667 bits per heavy atom. The lowest BCUT2D eigenvalue weighted by Crippen LogP contribution is -2.62. The standard InChI is InChI=1S/C15H22F8O/c1-2-3-4-6-9-12(16,17)14(20,21)15(22,23)13(18,19)10-7-5-8-11-24/h2,24H,1,3-11H2. The summed E-state index contributed by atoms with van der Waals surface area (Å²) in [6.07, 6.45) is -2.91. The topological polar surface area (TPSA) is 20.2 Å². The second kappa shape index (κ2) is 9.01. The van der Waals surface area contributed by atoms with Gasteiger partial charge in [0.05, 0.1) is 0 Å². The van der Waals surface area contributed by atoms with E-state index < -0.39 is 49.4 Å². The van der Waals surface area contributed by atoms with Crippen molar-refractivity contribution in [1.29, 1.82) is 0 Å². The van der Waals surface area contributed by atoms with Gasteiger partial charge in [0.2, 0.25) is 0 Å². The second-order valence-electron chi connectivity index (χ2n) is 5.63. The lowest BCUT2D eigenvalue weighted by atomic mass is 9.92. The summed E-state index contributed by atoms with van der Waals surface area (Å²) in [5.41, 5.74) is 0. The van der Waals surface area contributed by atoms with Gasteiger partial charge in [-0.1, -0.05) is 12.5 Å². The van der Waals surface area contributed by atoms with Gasteiger partial charge in [-0.3, -0.25) is 0 Å². The molecule has 0 aliphatic carbocycles. The fourth-order valence-corrected chi connectivity index (χ4v) is 2.04. The molecule has 0 bridgehead atoms. The molecule has 0 heterocycles. The first-order valence-electron chi connectivity index (χ1n) is 7.60. The van der Waals surface area contributed by atoms with Crippen LogP contribution in [0.15, 0.2) is 12.7 Å². The van der Waals surface area contributed by atoms with Crippen molar-refractivity contribution in [1.82, 2.24) is 0 Å². The normalized spacial score (nSPS) is 14.0. The quantitative estimate of drug-likeness (QED) is 0.246. The minimum absolute atomic E-state index is 0.0122. The zero-order valence-electron chi connectivity index (χ0n) is 13.1. The Morgan fingerprint density at radius 2 is 1.08 bits per heavy atom. The number of hydrogen-bond acceptors (Lipinski definition) is 1. The Kier molecular flexibility index (Phi) is 8.69. The van der Waals surface area contributed by atoms with Crippen molar-refractivity contribution >= 4 is 0 Å². The zero-order valence-corrected chi connectivity index (χ0v) is 13.1. The molecule has 0 saturated carbocycles. The van der Waals surface area contributed by atoms with Crippen molar-refractivity contribution in [2.75, 3.05) is 6.61 Å². The molecule has 0 saturated heterocycles. The van der Waals surface area contributed by atoms with Gasteiger partial charge in [0, 0.05) is 19.4 Å². The number of rotatable bonds is 13. The minimum Gasteiger partial charge on any atom is -0.396 e. The predicted octanol–water partition coefficient (Wildman–Crippen LogP) is 5.83. The molecule has 1 nitrogen and oxygen atoms in total. The third kappa shape index (κ3) is 5.32. The van der Waals surface area contributed by atoms with Crippen LogP contribution in [-0.4, -0.2) is 35.4 Å². The first-order valence-corrected chi connectivity index (χ1v) is 7.60. The molecule has 0 aliphatic heterocycles. The van der Waals surface area contributed by atoms with E-state index in [0.29, 0.717) is 0 Å². The highest BCUT2D eigenvalue weighted by atomic mass is 19.4. The van der Waals surface area contributed by atoms with Gasteiger partial charge in [-0.2, -0.15) is 35.1 Å². The molecule has 0 aromatic carbocycles. The van der Waals surface area contributed by atoms with Crippen LogP contribution < -0.4 is 0 Å². The summed E-state index contributed by atoms with van der Waals surface area (Å²) < 4.78 is 108. The molecule has 9 heteroatoms. The Morgan fingerprint density at radius 3 is 1.46 bits per heavy atom. The summed E-state index contributed by atoms with van der Waals surface area (Å²) >= 11 is 0. The van der Waals surface area contributed by atoms with E-state index >= 15 is 0 Å². The average molecular weight is 370 g/mol. The van der Waals surface area contributed by atoms with Crippen molar-refractivity contribution in [3.63, 3.8) is 0 Å². The van der Waals surface area contributed by atoms with Gasteiger partial charge < -0.3 is 5.11 Å². The first-order chi connectivity index (χ1) is 10.9. The highest BCUT2D eigenvalue weighted by Crippen LogP contribution is 2.55. The number of allylic oxidation sites excluding steroid dienone is 1. The molecule has 0 radical (unpaired) electrons. The fourth-order valence-electron chi connectivity index (χ4n) is 2.04. The van der Waals surface area contributed by atoms with E-state index in [1.165, 1.54) is 6.08 Å². The van der Waals surface area contributed by atoms with Crippen LogP contribution in [0.2, 0.25) is 0 Å². The fraction of sp³-hybridized carbons (Fsp3) is 0.867. The van der Waals surface area contributed by atoms with Gasteiger partial charge in [0.15, 0.2) is 0 Å². The maximum atomic E-state index is 13.5. The number of alkyl halides is 8. The van der Waals surface area contributed by atoms with E-state index in [1.54, 1.807) is 0 Å². The lowest BCUT2D eigenvalue weighted by Gasteiger charge is -2.37. The number of hydrogen-bond donors (Lipinski definition) is 1. The number of aliphatic hydroxyl groups is 1. The summed E-state index contributed by atoms with van der Waals surface area (Å²) in [5, 5.41) is 8.45. The molecular weight excluding hydrogens is 348 g/mol. The van der Waals surface area contributed by atoms with E-state index in [0.717, 1.165) is 0 Å². The van der Waals surface area contributed by atoms with Crippen molar-refractivity contribution in [3.05, 3.63) is 12.7 Å². The molecule has 0 spiro atoms. The molecule has 0 rings (SSSR count). The van der Waals surface area contributed by atoms with E-state index in [4.69, 9.17) is 5.11 Å². The van der Waals surface area contributed by atoms with Crippen LogP contribution in [0.5, 0.6) is 0 Å². The number of unbranched alkanes of at least 4 members (excludes halogenated alkanes) is 4. The molecule has 0 aliphatic rings. The summed E-state index contributed by atoms with van der Waals surface area (Å²) in [6, 6.07) is 0. The maximum absolute atomic E-state index is 13.5. The van der Waals surface area contributed by atoms with Crippen LogP contribution in [0.1, 0.15) is 51.4 Å². The van der Waals surface area contributed by atoms with Gasteiger partial charge in [-0.05, 0) is 32.1 Å². The van der Waals surface area contributed by atoms with Crippen LogP contribution in [0, 0.1) is 0 Å². The van der Waals surface area contributed by atoms with E-state index in [2.05, 4.69) is 6.58 Å². The molecule has 0 unspecified atom stereocenters. The summed E-state index contributed by atoms with van der Waals surface area (Å²) in [5.74, 6) is -22.9. The van der Waals surface area contributed by atoms with Gasteiger partial charge >= 0.3 is 23.7 Å². The molecule has 0 amide bonds. The molecular formula is C15H22F8O. The lowest BCUT2D eigenvalue weighted by molar-refractivity contribution is -0.368. The van der Waals surface area contributed by atoms with Gasteiger partial charge in [0.1, 0.15) is 0 Å². The van der Waals surface area contributed by atoms with Gasteiger partial charge in [-0.15, -0.1) is 6.58 Å². The van der Waals surface area contributed by atoms with Gasteiger partial charge in [-0.25, -0.2) is 0 Å². The third-order valence-electron chi connectivity index (χ3n) is 3.61. The monoisotopic (exact) mass is 370 g/mol. The van der Waals surface area contributed by atoms with Gasteiger partial charge in [0.25, 0.3) is 0 Å². The average Bonchev–Trinajstić information content (AvgIpc) is 2.47. The predicted molar refractivity (Wildman–Crippen MR) is 74.0 cm³/mol. The van der Waals surface area contributed by atoms with Crippen molar-refractivity contribution in [2.24, 2.45) is 0 Å². The van der Waals surface area contributed by atoms with Crippen LogP contribution in [-0.2, 0) is 0 Å². The summed E-state index contributed by atoms with van der Waals surface area (Å²) in [4.78, 5) is 0. The second-order valence-corrected chi connectivity index (χ2v) is 5.63. The van der Waals surface area contributed by atoms with Crippen LogP contribution in [0.25, 0.3) is 0 Å². The number of aliphatic hydroxyl groups excluding tert-OH is 1. The van der Waals surface area contributed by atoms with Crippen LogP contribution in [0.3, 0.4) is 0 Å². The zero-order chi connectivity index (χ0) is 19.1. The Bertz CT molecular complexity index is 382. The summed E-state index contributed by atoms with van der Waals surface area (Å²) in [6.45, 7) is 2.91. The Balaban J connectivity index is 5.06. The van der Waals surface area contributed by atoms with Crippen molar-refractivity contribution in [3.8, 4) is 0 Å². The van der Waals surface area contributed by atoms with E-state index in [1.807, 2.05) is 0 Å².